The van der Waals surface area contributed by atoms with E-state index in [1.807, 2.05) is 29.2 Å². The highest BCUT2D eigenvalue weighted by Gasteiger charge is 2.24. The quantitative estimate of drug-likeness (QED) is 0.849. The third-order valence-electron chi connectivity index (χ3n) is 4.06. The van der Waals surface area contributed by atoms with Crippen LogP contribution in [-0.4, -0.2) is 42.8 Å². The first-order valence-corrected chi connectivity index (χ1v) is 8.39. The minimum atomic E-state index is 0.221. The van der Waals surface area contributed by atoms with Crippen LogP contribution < -0.4 is 10.5 Å². The van der Waals surface area contributed by atoms with E-state index in [-0.39, 0.29) is 11.9 Å². The van der Waals surface area contributed by atoms with Crippen molar-refractivity contribution in [2.45, 2.75) is 30.7 Å². The SMILES string of the molecule is COc1ccc(SCC(=O)N2CCC(C(C)N)CC2)cc1. The van der Waals surface area contributed by atoms with Gasteiger partial charge in [0.05, 0.1) is 12.9 Å². The third-order valence-corrected chi connectivity index (χ3v) is 5.05. The molecule has 0 radical (unpaired) electrons. The molecule has 0 spiro atoms. The van der Waals surface area contributed by atoms with Gasteiger partial charge < -0.3 is 15.4 Å². The number of nitrogens with zero attached hydrogens (tertiary/aromatic N) is 1. The van der Waals surface area contributed by atoms with Crippen molar-refractivity contribution >= 4 is 17.7 Å². The molecule has 21 heavy (non-hydrogen) atoms. The zero-order valence-corrected chi connectivity index (χ0v) is 13.6. The Morgan fingerprint density at radius 2 is 2.00 bits per heavy atom. The van der Waals surface area contributed by atoms with Gasteiger partial charge in [0.25, 0.3) is 0 Å². The molecule has 1 heterocycles. The van der Waals surface area contributed by atoms with Gasteiger partial charge in [-0.05, 0) is 49.9 Å². The molecule has 1 aliphatic heterocycles. The van der Waals surface area contributed by atoms with Crippen molar-refractivity contribution in [3.8, 4) is 5.75 Å². The number of hydrogen-bond donors (Lipinski definition) is 1. The normalized spacial score (nSPS) is 17.6. The van der Waals surface area contributed by atoms with Gasteiger partial charge in [-0.15, -0.1) is 11.8 Å². The van der Waals surface area contributed by atoms with Gasteiger partial charge >= 0.3 is 0 Å². The number of benzene rings is 1. The standard InChI is InChI=1S/C16H24N2O2S/c1-12(17)13-7-9-18(10-8-13)16(19)11-21-15-5-3-14(20-2)4-6-15/h3-6,12-13H,7-11,17H2,1-2H3. The van der Waals surface area contributed by atoms with E-state index in [9.17, 15) is 4.79 Å². The molecular formula is C16H24N2O2S. The maximum atomic E-state index is 12.2. The Morgan fingerprint density at radius 1 is 1.38 bits per heavy atom. The molecule has 0 saturated carbocycles. The summed E-state index contributed by atoms with van der Waals surface area (Å²) in [5.41, 5.74) is 5.93. The van der Waals surface area contributed by atoms with Crippen LogP contribution in [0.5, 0.6) is 5.75 Å². The highest BCUT2D eigenvalue weighted by Crippen LogP contribution is 2.23. The van der Waals surface area contributed by atoms with Gasteiger partial charge in [-0.3, -0.25) is 4.79 Å². The van der Waals surface area contributed by atoms with Crippen LogP contribution in [0.15, 0.2) is 29.2 Å². The average molecular weight is 308 g/mol. The lowest BCUT2D eigenvalue weighted by molar-refractivity contribution is -0.129. The van der Waals surface area contributed by atoms with Crippen LogP contribution in [0.3, 0.4) is 0 Å². The van der Waals surface area contributed by atoms with Gasteiger partial charge in [-0.2, -0.15) is 0 Å². The minimum Gasteiger partial charge on any atom is -0.497 e. The molecule has 1 saturated heterocycles. The Hall–Kier alpha value is -1.20. The Kier molecular flexibility index (Phi) is 5.94. The zero-order chi connectivity index (χ0) is 15.2. The summed E-state index contributed by atoms with van der Waals surface area (Å²) in [6.07, 6.45) is 2.05. The van der Waals surface area contributed by atoms with E-state index in [2.05, 4.69) is 6.92 Å². The van der Waals surface area contributed by atoms with Crippen LogP contribution in [0.4, 0.5) is 0 Å². The summed E-state index contributed by atoms with van der Waals surface area (Å²) in [6, 6.07) is 8.04. The second-order valence-electron chi connectivity index (χ2n) is 5.54. The lowest BCUT2D eigenvalue weighted by Gasteiger charge is -2.33. The van der Waals surface area contributed by atoms with Gasteiger partial charge in [0, 0.05) is 24.0 Å². The van der Waals surface area contributed by atoms with Crippen molar-refractivity contribution in [1.29, 1.82) is 0 Å². The first-order chi connectivity index (χ1) is 10.1. The second kappa shape index (κ2) is 7.71. The van der Waals surface area contributed by atoms with Crippen molar-refractivity contribution in [3.63, 3.8) is 0 Å². The van der Waals surface area contributed by atoms with Crippen molar-refractivity contribution in [3.05, 3.63) is 24.3 Å². The Bertz CT molecular complexity index is 454. The highest BCUT2D eigenvalue weighted by atomic mass is 32.2. The monoisotopic (exact) mass is 308 g/mol. The molecule has 0 aromatic heterocycles. The van der Waals surface area contributed by atoms with E-state index in [0.717, 1.165) is 36.6 Å². The van der Waals surface area contributed by atoms with E-state index >= 15 is 0 Å². The Balaban J connectivity index is 1.77. The number of piperidine rings is 1. The summed E-state index contributed by atoms with van der Waals surface area (Å²) in [7, 11) is 1.65. The minimum absolute atomic E-state index is 0.221. The summed E-state index contributed by atoms with van der Waals surface area (Å²) < 4.78 is 5.12. The van der Waals surface area contributed by atoms with Gasteiger partial charge in [-0.1, -0.05) is 0 Å². The van der Waals surface area contributed by atoms with E-state index < -0.39 is 0 Å². The summed E-state index contributed by atoms with van der Waals surface area (Å²) in [6.45, 7) is 3.74. The Labute approximate surface area is 131 Å². The van der Waals surface area contributed by atoms with Gasteiger partial charge in [0.1, 0.15) is 5.75 Å². The number of likely N-dealkylation sites (tertiary alicyclic amines) is 1. The summed E-state index contributed by atoms with van der Waals surface area (Å²) in [5, 5.41) is 0. The fraction of sp³-hybridized carbons (Fsp3) is 0.562. The Morgan fingerprint density at radius 3 is 2.52 bits per heavy atom. The van der Waals surface area contributed by atoms with Crippen LogP contribution in [0, 0.1) is 5.92 Å². The van der Waals surface area contributed by atoms with E-state index in [1.54, 1.807) is 18.9 Å². The van der Waals surface area contributed by atoms with E-state index in [0.29, 0.717) is 11.7 Å². The number of ether oxygens (including phenoxy) is 1. The molecule has 1 unspecified atom stereocenters. The number of methoxy groups -OCH3 is 1. The molecule has 2 N–H and O–H groups in total. The average Bonchev–Trinajstić information content (AvgIpc) is 2.53. The molecule has 0 bridgehead atoms. The maximum Gasteiger partial charge on any atom is 0.232 e. The molecule has 1 aliphatic rings. The van der Waals surface area contributed by atoms with Crippen LogP contribution in [0.1, 0.15) is 19.8 Å². The maximum absolute atomic E-state index is 12.2. The van der Waals surface area contributed by atoms with Gasteiger partial charge in [0.2, 0.25) is 5.91 Å². The summed E-state index contributed by atoms with van der Waals surface area (Å²) in [4.78, 5) is 15.3. The first kappa shape index (κ1) is 16.2. The van der Waals surface area contributed by atoms with Crippen molar-refractivity contribution < 1.29 is 9.53 Å². The lowest BCUT2D eigenvalue weighted by atomic mass is 9.91. The number of thioether (sulfide) groups is 1. The third kappa shape index (κ3) is 4.64. The van der Waals surface area contributed by atoms with Crippen LogP contribution in [-0.2, 0) is 4.79 Å². The van der Waals surface area contributed by atoms with E-state index in [1.165, 1.54) is 0 Å². The summed E-state index contributed by atoms with van der Waals surface area (Å²) in [5.74, 6) is 2.11. The number of hydrogen-bond acceptors (Lipinski definition) is 4. The van der Waals surface area contributed by atoms with Crippen molar-refractivity contribution in [2.24, 2.45) is 11.7 Å². The molecule has 1 fully saturated rings. The van der Waals surface area contributed by atoms with Crippen molar-refractivity contribution in [1.82, 2.24) is 4.90 Å². The van der Waals surface area contributed by atoms with Crippen LogP contribution in [0.2, 0.25) is 0 Å². The topological polar surface area (TPSA) is 55.6 Å². The molecule has 2 rings (SSSR count). The number of amides is 1. The fourth-order valence-corrected chi connectivity index (χ4v) is 3.38. The summed E-state index contributed by atoms with van der Waals surface area (Å²) >= 11 is 1.58. The first-order valence-electron chi connectivity index (χ1n) is 7.40. The molecule has 116 valence electrons. The fourth-order valence-electron chi connectivity index (χ4n) is 2.58. The molecule has 1 aromatic carbocycles. The molecule has 4 nitrogen and oxygen atoms in total. The number of carbonyl (C=O) groups excluding carboxylic acids is 1. The van der Waals surface area contributed by atoms with Gasteiger partial charge in [-0.25, -0.2) is 0 Å². The largest absolute Gasteiger partial charge is 0.497 e. The molecule has 5 heteroatoms. The van der Waals surface area contributed by atoms with E-state index in [4.69, 9.17) is 10.5 Å². The van der Waals surface area contributed by atoms with Crippen LogP contribution >= 0.6 is 11.8 Å². The number of nitrogens with two attached hydrogens (primary N) is 1. The lowest BCUT2D eigenvalue weighted by Crippen LogP contribution is -2.43. The molecular weight excluding hydrogens is 284 g/mol. The van der Waals surface area contributed by atoms with Gasteiger partial charge in [0.15, 0.2) is 0 Å². The second-order valence-corrected chi connectivity index (χ2v) is 6.59. The molecule has 1 amide bonds. The molecule has 1 atom stereocenters. The van der Waals surface area contributed by atoms with Crippen LogP contribution in [0.25, 0.3) is 0 Å². The number of carbonyl (C=O) groups is 1. The molecule has 1 aromatic rings. The highest BCUT2D eigenvalue weighted by molar-refractivity contribution is 8.00. The predicted molar refractivity (Wildman–Crippen MR) is 86.7 cm³/mol. The van der Waals surface area contributed by atoms with Crippen molar-refractivity contribution in [2.75, 3.05) is 26.0 Å². The predicted octanol–water partition coefficient (Wildman–Crippen LogP) is 2.37. The number of rotatable bonds is 5. The zero-order valence-electron chi connectivity index (χ0n) is 12.7. The smallest absolute Gasteiger partial charge is 0.232 e. The molecule has 0 aliphatic carbocycles.